The highest BCUT2D eigenvalue weighted by molar-refractivity contribution is 7.86. The van der Waals surface area contributed by atoms with Crippen molar-refractivity contribution in [2.24, 2.45) is 4.99 Å². The number of benzene rings is 2. The lowest BCUT2D eigenvalue weighted by atomic mass is 9.80. The zero-order valence-electron chi connectivity index (χ0n) is 13.0. The fraction of sp³-hybridized carbons (Fsp3) is 0.267. The summed E-state index contributed by atoms with van der Waals surface area (Å²) in [4.78, 5) is 2.92. The summed E-state index contributed by atoms with van der Waals surface area (Å²) in [6.45, 7) is 5.49. The van der Waals surface area contributed by atoms with Crippen LogP contribution in [0.15, 0.2) is 39.0 Å². The van der Waals surface area contributed by atoms with Crippen LogP contribution in [0.5, 0.6) is 0 Å². The molecule has 0 saturated carbocycles. The Balaban J connectivity index is 2.57. The quantitative estimate of drug-likeness (QED) is 0.747. The molecule has 0 amide bonds. The lowest BCUT2D eigenvalue weighted by molar-refractivity contribution is 0.462. The second-order valence-corrected chi connectivity index (χ2v) is 8.93. The molecule has 128 valence electrons. The molecule has 0 saturated heterocycles. The molecule has 0 fully saturated rings. The Labute approximate surface area is 139 Å². The Morgan fingerprint density at radius 1 is 0.958 bits per heavy atom. The van der Waals surface area contributed by atoms with Gasteiger partial charge in [0.05, 0.1) is 15.5 Å². The van der Waals surface area contributed by atoms with Crippen LogP contribution in [0.1, 0.15) is 26.3 Å². The Morgan fingerprint density at radius 2 is 1.58 bits per heavy atom. The minimum absolute atomic E-state index is 0.0779. The van der Waals surface area contributed by atoms with Crippen molar-refractivity contribution in [3.05, 3.63) is 29.8 Å². The summed E-state index contributed by atoms with van der Waals surface area (Å²) >= 11 is 0. The van der Waals surface area contributed by atoms with E-state index in [0.717, 1.165) is 11.8 Å². The standard InChI is InChI=1S/C15H15NO6S2/c1-8-15(2,3)14-11-6-9(23(17,18)19)7-13(24(20,21)22)10(11)4-5-12(14)16-8/h4-7H,1-3H3,(H,17,18,19)(H,20,21,22)/p-2. The molecular weight excluding hydrogens is 354 g/mol. The highest BCUT2D eigenvalue weighted by atomic mass is 32.2. The molecule has 2 aromatic carbocycles. The fourth-order valence-corrected chi connectivity index (χ4v) is 4.28. The molecule has 3 rings (SSSR count). The van der Waals surface area contributed by atoms with Gasteiger partial charge in [-0.25, -0.2) is 16.8 Å². The van der Waals surface area contributed by atoms with Crippen molar-refractivity contribution in [3.63, 3.8) is 0 Å². The molecular formula is C15H13NO6S2-2. The average molecular weight is 367 g/mol. The van der Waals surface area contributed by atoms with Gasteiger partial charge in [0.25, 0.3) is 0 Å². The third kappa shape index (κ3) is 2.44. The summed E-state index contributed by atoms with van der Waals surface area (Å²) in [5, 5.41) is 0.304. The molecule has 1 aliphatic rings. The van der Waals surface area contributed by atoms with Gasteiger partial charge in [-0.05, 0) is 41.5 Å². The van der Waals surface area contributed by atoms with E-state index >= 15 is 0 Å². The number of aliphatic imine (C=N–C) groups is 1. The van der Waals surface area contributed by atoms with Crippen molar-refractivity contribution in [2.75, 3.05) is 0 Å². The van der Waals surface area contributed by atoms with E-state index in [1.807, 2.05) is 13.8 Å². The van der Waals surface area contributed by atoms with Crippen LogP contribution in [0, 0.1) is 0 Å². The number of hydrogen-bond acceptors (Lipinski definition) is 7. The molecule has 1 heterocycles. The topological polar surface area (TPSA) is 127 Å². The second kappa shape index (κ2) is 4.85. The van der Waals surface area contributed by atoms with Crippen LogP contribution in [0.4, 0.5) is 5.69 Å². The molecule has 1 aliphatic heterocycles. The summed E-state index contributed by atoms with van der Waals surface area (Å²) in [6, 6.07) is 4.71. The van der Waals surface area contributed by atoms with Crippen LogP contribution in [0.2, 0.25) is 0 Å². The largest absolute Gasteiger partial charge is 0.744 e. The maximum Gasteiger partial charge on any atom is 0.125 e. The van der Waals surface area contributed by atoms with E-state index in [-0.39, 0.29) is 10.8 Å². The highest BCUT2D eigenvalue weighted by Crippen LogP contribution is 2.45. The number of nitrogens with zero attached hydrogens (tertiary/aromatic N) is 1. The van der Waals surface area contributed by atoms with Crippen molar-refractivity contribution < 1.29 is 25.9 Å². The van der Waals surface area contributed by atoms with Gasteiger partial charge in [0.2, 0.25) is 0 Å². The lowest BCUT2D eigenvalue weighted by Crippen LogP contribution is -2.23. The van der Waals surface area contributed by atoms with Crippen molar-refractivity contribution >= 4 is 42.4 Å². The first-order chi connectivity index (χ1) is 10.8. The Kier molecular flexibility index (Phi) is 3.44. The van der Waals surface area contributed by atoms with Gasteiger partial charge in [0, 0.05) is 11.1 Å². The zero-order valence-corrected chi connectivity index (χ0v) is 14.7. The Morgan fingerprint density at radius 3 is 2.12 bits per heavy atom. The summed E-state index contributed by atoms with van der Waals surface area (Å²) in [5.41, 5.74) is 1.31. The van der Waals surface area contributed by atoms with Crippen LogP contribution in [0.25, 0.3) is 10.8 Å². The molecule has 0 radical (unpaired) electrons. The molecule has 24 heavy (non-hydrogen) atoms. The minimum atomic E-state index is -4.97. The molecule has 0 N–H and O–H groups in total. The SMILES string of the molecule is CC1=Nc2ccc3c(S(=O)(=O)[O-])cc(S(=O)(=O)[O-])cc3c2C1(C)C. The van der Waals surface area contributed by atoms with Crippen LogP contribution >= 0.6 is 0 Å². The third-order valence-electron chi connectivity index (χ3n) is 4.42. The maximum atomic E-state index is 11.6. The van der Waals surface area contributed by atoms with E-state index in [9.17, 15) is 25.9 Å². The average Bonchev–Trinajstić information content (AvgIpc) is 2.66. The van der Waals surface area contributed by atoms with E-state index in [1.54, 1.807) is 13.0 Å². The van der Waals surface area contributed by atoms with E-state index in [0.29, 0.717) is 17.3 Å². The Bertz CT molecular complexity index is 1130. The molecule has 0 unspecified atom stereocenters. The molecule has 9 heteroatoms. The number of rotatable bonds is 2. The predicted molar refractivity (Wildman–Crippen MR) is 85.7 cm³/mol. The molecule has 2 aromatic rings. The number of fused-ring (bicyclic) bond motifs is 3. The first-order valence-corrected chi connectivity index (χ1v) is 9.74. The molecule has 0 aliphatic carbocycles. The van der Waals surface area contributed by atoms with Gasteiger partial charge in [-0.1, -0.05) is 19.9 Å². The summed E-state index contributed by atoms with van der Waals surface area (Å²) in [5.74, 6) is 0. The molecule has 0 spiro atoms. The first-order valence-electron chi connectivity index (χ1n) is 6.92. The smallest absolute Gasteiger partial charge is 0.125 e. The second-order valence-electron chi connectivity index (χ2n) is 6.21. The van der Waals surface area contributed by atoms with Gasteiger partial charge < -0.3 is 9.11 Å². The normalized spacial score (nSPS) is 17.0. The third-order valence-corrected chi connectivity index (χ3v) is 6.11. The summed E-state index contributed by atoms with van der Waals surface area (Å²) < 4.78 is 68.9. The molecule has 0 bridgehead atoms. The molecule has 0 atom stereocenters. The van der Waals surface area contributed by atoms with Crippen molar-refractivity contribution in [1.29, 1.82) is 0 Å². The first kappa shape index (κ1) is 17.0. The summed E-state index contributed by atoms with van der Waals surface area (Å²) in [6.07, 6.45) is 0. The zero-order chi connectivity index (χ0) is 18.1. The summed E-state index contributed by atoms with van der Waals surface area (Å²) in [7, 11) is -9.91. The predicted octanol–water partition coefficient (Wildman–Crippen LogP) is 2.03. The lowest BCUT2D eigenvalue weighted by Gasteiger charge is -2.24. The molecule has 0 aromatic heterocycles. The van der Waals surface area contributed by atoms with E-state index in [2.05, 4.69) is 4.99 Å². The highest BCUT2D eigenvalue weighted by Gasteiger charge is 2.34. The van der Waals surface area contributed by atoms with Gasteiger partial charge in [-0.15, -0.1) is 0 Å². The van der Waals surface area contributed by atoms with E-state index < -0.39 is 35.4 Å². The van der Waals surface area contributed by atoms with Gasteiger partial charge in [0.15, 0.2) is 0 Å². The number of hydrogen-bond donors (Lipinski definition) is 0. The maximum absolute atomic E-state index is 11.6. The van der Waals surface area contributed by atoms with Crippen LogP contribution < -0.4 is 0 Å². The van der Waals surface area contributed by atoms with Crippen molar-refractivity contribution in [1.82, 2.24) is 0 Å². The van der Waals surface area contributed by atoms with Crippen molar-refractivity contribution in [2.45, 2.75) is 36.0 Å². The van der Waals surface area contributed by atoms with Gasteiger partial charge in [-0.2, -0.15) is 0 Å². The van der Waals surface area contributed by atoms with Crippen molar-refractivity contribution in [3.8, 4) is 0 Å². The van der Waals surface area contributed by atoms with Crippen LogP contribution in [0.3, 0.4) is 0 Å². The van der Waals surface area contributed by atoms with Gasteiger partial charge in [-0.3, -0.25) is 4.99 Å². The molecule has 7 nitrogen and oxygen atoms in total. The fourth-order valence-electron chi connectivity index (χ4n) is 2.97. The Hall–Kier alpha value is -1.81. The van der Waals surface area contributed by atoms with Gasteiger partial charge >= 0.3 is 0 Å². The van der Waals surface area contributed by atoms with E-state index in [4.69, 9.17) is 0 Å². The van der Waals surface area contributed by atoms with Crippen LogP contribution in [-0.2, 0) is 25.7 Å². The minimum Gasteiger partial charge on any atom is -0.744 e. The van der Waals surface area contributed by atoms with E-state index in [1.165, 1.54) is 6.07 Å². The van der Waals surface area contributed by atoms with Gasteiger partial charge in [0.1, 0.15) is 20.2 Å². The monoisotopic (exact) mass is 367 g/mol. The van der Waals surface area contributed by atoms with Crippen LogP contribution in [-0.4, -0.2) is 31.7 Å².